The number of phenols is 2. The van der Waals surface area contributed by atoms with Crippen LogP contribution in [0.2, 0.25) is 0 Å². The number of anilines is 3. The normalized spacial score (nSPS) is 11.2. The number of methoxy groups -OCH3 is 2. The average Bonchev–Trinajstić information content (AvgIpc) is 3.07. The lowest BCUT2D eigenvalue weighted by Gasteiger charge is -2.16. The van der Waals surface area contributed by atoms with Gasteiger partial charge in [0.05, 0.1) is 36.7 Å². The second-order valence-electron chi connectivity index (χ2n) is 11.2. The largest absolute Gasteiger partial charge is 0.504 e. The van der Waals surface area contributed by atoms with Gasteiger partial charge < -0.3 is 35.6 Å². The van der Waals surface area contributed by atoms with Crippen LogP contribution in [0.4, 0.5) is 17.1 Å². The molecule has 0 unspecified atom stereocenters. The van der Waals surface area contributed by atoms with E-state index < -0.39 is 35.0 Å². The van der Waals surface area contributed by atoms with E-state index >= 15 is 0 Å². The topological polar surface area (TPSA) is 180 Å². The molecule has 4 aromatic rings. The molecule has 1 atom stereocenters. The third kappa shape index (κ3) is 8.22. The van der Waals surface area contributed by atoms with Crippen LogP contribution >= 0.6 is 0 Å². The zero-order chi connectivity index (χ0) is 35.8. The molecule has 0 radical (unpaired) electrons. The molecule has 0 spiro atoms. The van der Waals surface area contributed by atoms with Crippen molar-refractivity contribution in [3.63, 3.8) is 0 Å². The van der Waals surface area contributed by atoms with Gasteiger partial charge in [0.1, 0.15) is 0 Å². The predicted molar refractivity (Wildman–Crippen MR) is 184 cm³/mol. The number of rotatable bonds is 13. The summed E-state index contributed by atoms with van der Waals surface area (Å²) in [6.45, 7) is 5.04. The van der Waals surface area contributed by atoms with E-state index in [4.69, 9.17) is 9.47 Å². The summed E-state index contributed by atoms with van der Waals surface area (Å²) in [5.41, 5.74) is 2.17. The summed E-state index contributed by atoms with van der Waals surface area (Å²) >= 11 is 0. The van der Waals surface area contributed by atoms with Crippen LogP contribution < -0.4 is 25.4 Å². The highest BCUT2D eigenvalue weighted by Crippen LogP contribution is 2.40. The molecule has 4 aromatic carbocycles. The van der Waals surface area contributed by atoms with Gasteiger partial charge in [-0.2, -0.15) is 0 Å². The molecular weight excluding hydrogens is 630 g/mol. The fraction of sp³-hybridized carbons (Fsp3) is 0.216. The van der Waals surface area contributed by atoms with Gasteiger partial charge in [-0.25, -0.2) is 0 Å². The maximum atomic E-state index is 13.1. The van der Waals surface area contributed by atoms with E-state index in [0.29, 0.717) is 17.7 Å². The maximum absolute atomic E-state index is 13.1. The van der Waals surface area contributed by atoms with Crippen molar-refractivity contribution in [1.29, 1.82) is 0 Å². The van der Waals surface area contributed by atoms with Gasteiger partial charge in [0.2, 0.25) is 5.91 Å². The third-order valence-electron chi connectivity index (χ3n) is 7.88. The van der Waals surface area contributed by atoms with Crippen LogP contribution in [0, 0.1) is 12.8 Å². The van der Waals surface area contributed by atoms with Gasteiger partial charge in [-0.1, -0.05) is 36.8 Å². The van der Waals surface area contributed by atoms with Crippen molar-refractivity contribution in [2.24, 2.45) is 5.92 Å². The van der Waals surface area contributed by atoms with E-state index in [1.807, 2.05) is 26.0 Å². The molecule has 0 heterocycles. The number of Topliss-reactive ketones (excluding diaryl/α,β-unsaturated/α-hetero) is 2. The Morgan fingerprint density at radius 3 is 1.71 bits per heavy atom. The highest BCUT2D eigenvalue weighted by Gasteiger charge is 2.24. The maximum Gasteiger partial charge on any atom is 0.259 e. The number of hydrogen-bond acceptors (Lipinski definition) is 9. The minimum absolute atomic E-state index is 0.00579. The summed E-state index contributed by atoms with van der Waals surface area (Å²) < 4.78 is 10.5. The van der Waals surface area contributed by atoms with E-state index in [9.17, 15) is 34.2 Å². The molecule has 0 saturated heterocycles. The van der Waals surface area contributed by atoms with E-state index in [0.717, 1.165) is 5.56 Å². The van der Waals surface area contributed by atoms with Gasteiger partial charge in [0.15, 0.2) is 34.6 Å². The minimum atomic E-state index is -0.788. The number of phenolic OH excluding ortho intramolecular Hbond substituents is 2. The summed E-state index contributed by atoms with van der Waals surface area (Å²) in [5, 5.41) is 29.3. The van der Waals surface area contributed by atoms with Gasteiger partial charge in [-0.3, -0.25) is 24.0 Å². The van der Waals surface area contributed by atoms with Crippen LogP contribution in [0.1, 0.15) is 73.7 Å². The molecule has 254 valence electrons. The molecule has 0 fully saturated rings. The standard InChI is InChI=1S/C37H37N3O9/c1-6-22(19-30(42)23-9-7-20(2)8-10-23)35(45)38-25-13-11-24(12-14-25)36(46)39-28-18-16-27(32(44)34(28)49-5)37(47)40-29-17-15-26(21(3)41)31(43)33(29)48-4/h7-18,22,43-44H,6,19H2,1-5H3,(H,38,45)(H,39,46)(H,40,47)/t22-/m1/s1. The van der Waals surface area contributed by atoms with Gasteiger partial charge in [0, 0.05) is 29.2 Å². The number of benzene rings is 4. The molecule has 5 N–H and O–H groups in total. The molecule has 0 bridgehead atoms. The Bertz CT molecular complexity index is 1900. The van der Waals surface area contributed by atoms with E-state index in [1.165, 1.54) is 57.5 Å². The van der Waals surface area contributed by atoms with E-state index in [-0.39, 0.29) is 57.7 Å². The molecule has 0 aliphatic carbocycles. The van der Waals surface area contributed by atoms with E-state index in [1.54, 1.807) is 24.3 Å². The zero-order valence-electron chi connectivity index (χ0n) is 27.7. The Labute approximate surface area is 283 Å². The molecular formula is C37H37N3O9. The lowest BCUT2D eigenvalue weighted by molar-refractivity contribution is -0.119. The highest BCUT2D eigenvalue weighted by molar-refractivity contribution is 6.10. The van der Waals surface area contributed by atoms with Gasteiger partial charge in [0.25, 0.3) is 11.8 Å². The van der Waals surface area contributed by atoms with Crippen LogP contribution in [-0.4, -0.2) is 53.7 Å². The molecule has 0 aromatic heterocycles. The number of ether oxygens (including phenoxy) is 2. The first-order valence-electron chi connectivity index (χ1n) is 15.3. The summed E-state index contributed by atoms with van der Waals surface area (Å²) in [4.78, 5) is 63.6. The molecule has 0 aliphatic rings. The Kier molecular flexibility index (Phi) is 11.4. The first-order chi connectivity index (χ1) is 23.4. The first kappa shape index (κ1) is 35.7. The van der Waals surface area contributed by atoms with Gasteiger partial charge in [-0.15, -0.1) is 0 Å². The number of carbonyl (C=O) groups is 5. The van der Waals surface area contributed by atoms with Crippen molar-refractivity contribution in [2.45, 2.75) is 33.6 Å². The summed E-state index contributed by atoms with van der Waals surface area (Å²) in [7, 11) is 2.51. The van der Waals surface area contributed by atoms with Crippen molar-refractivity contribution in [1.82, 2.24) is 0 Å². The summed E-state index contributed by atoms with van der Waals surface area (Å²) in [5.74, 6) is -4.05. The Balaban J connectivity index is 1.43. The Hall–Kier alpha value is -6.17. The van der Waals surface area contributed by atoms with E-state index in [2.05, 4.69) is 16.0 Å². The summed E-state index contributed by atoms with van der Waals surface area (Å²) in [6, 6.07) is 18.6. The number of nitrogens with one attached hydrogen (secondary N) is 3. The van der Waals surface area contributed by atoms with Crippen LogP contribution in [-0.2, 0) is 4.79 Å². The van der Waals surface area contributed by atoms with Crippen molar-refractivity contribution < 1.29 is 43.7 Å². The highest BCUT2D eigenvalue weighted by atomic mass is 16.5. The SMILES string of the molecule is CC[C@H](CC(=O)c1ccc(C)cc1)C(=O)Nc1ccc(C(=O)Nc2ccc(C(=O)Nc3ccc(C(C)=O)c(O)c3OC)c(O)c2OC)cc1. The molecule has 4 rings (SSSR count). The average molecular weight is 668 g/mol. The molecule has 3 amide bonds. The van der Waals surface area contributed by atoms with Crippen molar-refractivity contribution in [2.75, 3.05) is 30.2 Å². The number of aromatic hydroxyl groups is 2. The van der Waals surface area contributed by atoms with Crippen LogP contribution in [0.15, 0.2) is 72.8 Å². The fourth-order valence-corrected chi connectivity index (χ4v) is 5.06. The Morgan fingerprint density at radius 1 is 0.673 bits per heavy atom. The van der Waals surface area contributed by atoms with Crippen molar-refractivity contribution >= 4 is 46.4 Å². The number of ketones is 2. The molecule has 12 nitrogen and oxygen atoms in total. The monoisotopic (exact) mass is 667 g/mol. The second-order valence-corrected chi connectivity index (χ2v) is 11.2. The number of aryl methyl sites for hydroxylation is 1. The molecule has 12 heteroatoms. The van der Waals surface area contributed by atoms with Crippen LogP contribution in [0.5, 0.6) is 23.0 Å². The van der Waals surface area contributed by atoms with Gasteiger partial charge >= 0.3 is 0 Å². The lowest BCUT2D eigenvalue weighted by Crippen LogP contribution is -2.25. The molecule has 0 saturated carbocycles. The fourth-order valence-electron chi connectivity index (χ4n) is 5.06. The van der Waals surface area contributed by atoms with Crippen molar-refractivity contribution in [3.8, 4) is 23.0 Å². The Morgan fingerprint density at radius 2 is 1.18 bits per heavy atom. The smallest absolute Gasteiger partial charge is 0.259 e. The van der Waals surface area contributed by atoms with Crippen LogP contribution in [0.3, 0.4) is 0 Å². The zero-order valence-corrected chi connectivity index (χ0v) is 27.7. The number of carbonyl (C=O) groups excluding carboxylic acids is 5. The first-order valence-corrected chi connectivity index (χ1v) is 15.3. The van der Waals surface area contributed by atoms with Gasteiger partial charge in [-0.05, 0) is 68.8 Å². The molecule has 49 heavy (non-hydrogen) atoms. The predicted octanol–water partition coefficient (Wildman–Crippen LogP) is 6.37. The third-order valence-corrected chi connectivity index (χ3v) is 7.88. The number of amides is 3. The lowest BCUT2D eigenvalue weighted by atomic mass is 9.95. The minimum Gasteiger partial charge on any atom is -0.504 e. The van der Waals surface area contributed by atoms with Crippen LogP contribution in [0.25, 0.3) is 0 Å². The summed E-state index contributed by atoms with van der Waals surface area (Å²) in [6.07, 6.45) is 0.526. The quantitative estimate of drug-likeness (QED) is 0.101. The molecule has 0 aliphatic heterocycles. The number of hydrogen-bond donors (Lipinski definition) is 5. The van der Waals surface area contributed by atoms with Crippen molar-refractivity contribution in [3.05, 3.63) is 101 Å². The second kappa shape index (κ2) is 15.6.